The first-order chi connectivity index (χ1) is 8.16. The van der Waals surface area contributed by atoms with Crippen molar-refractivity contribution in [1.29, 1.82) is 0 Å². The highest BCUT2D eigenvalue weighted by Gasteiger charge is 2.28. The lowest BCUT2D eigenvalue weighted by Gasteiger charge is -2.09. The van der Waals surface area contributed by atoms with Crippen LogP contribution in [0.1, 0.15) is 10.4 Å². The van der Waals surface area contributed by atoms with Gasteiger partial charge in [0.2, 0.25) is 0 Å². The van der Waals surface area contributed by atoms with Crippen LogP contribution in [0.3, 0.4) is 0 Å². The Morgan fingerprint density at radius 2 is 2.18 bits per heavy atom. The molecule has 1 aliphatic heterocycles. The SMILES string of the molecule is CN1CC(CNC(=O)c2ccccc2)OC1=O. The van der Waals surface area contributed by atoms with Crippen LogP contribution >= 0.6 is 0 Å². The minimum Gasteiger partial charge on any atom is -0.442 e. The molecule has 5 heteroatoms. The average Bonchev–Trinajstić information content (AvgIpc) is 2.67. The summed E-state index contributed by atoms with van der Waals surface area (Å²) in [7, 11) is 1.67. The Balaban J connectivity index is 1.83. The first-order valence-corrected chi connectivity index (χ1v) is 5.42. The van der Waals surface area contributed by atoms with Gasteiger partial charge in [0, 0.05) is 12.6 Å². The summed E-state index contributed by atoms with van der Waals surface area (Å²) in [6.07, 6.45) is -0.607. The lowest BCUT2D eigenvalue weighted by Crippen LogP contribution is -2.34. The predicted molar refractivity (Wildman–Crippen MR) is 61.7 cm³/mol. The van der Waals surface area contributed by atoms with E-state index in [1.165, 1.54) is 4.90 Å². The maximum absolute atomic E-state index is 11.7. The fraction of sp³-hybridized carbons (Fsp3) is 0.333. The molecule has 1 aromatic carbocycles. The molecular weight excluding hydrogens is 220 g/mol. The maximum atomic E-state index is 11.7. The molecule has 1 atom stereocenters. The summed E-state index contributed by atoms with van der Waals surface area (Å²) in [6.45, 7) is 0.845. The number of rotatable bonds is 3. The van der Waals surface area contributed by atoms with Crippen LogP contribution in [0.5, 0.6) is 0 Å². The van der Waals surface area contributed by atoms with Crippen LogP contribution in [-0.4, -0.2) is 43.1 Å². The van der Waals surface area contributed by atoms with Crippen molar-refractivity contribution in [2.75, 3.05) is 20.1 Å². The molecule has 1 aromatic rings. The number of likely N-dealkylation sites (N-methyl/N-ethyl adjacent to an activating group) is 1. The molecular formula is C12H14N2O3. The van der Waals surface area contributed by atoms with Gasteiger partial charge in [-0.25, -0.2) is 4.79 Å². The smallest absolute Gasteiger partial charge is 0.410 e. The quantitative estimate of drug-likeness (QED) is 0.844. The summed E-state index contributed by atoms with van der Waals surface area (Å²) in [5, 5.41) is 2.74. The van der Waals surface area contributed by atoms with E-state index in [1.807, 2.05) is 6.07 Å². The largest absolute Gasteiger partial charge is 0.442 e. The van der Waals surface area contributed by atoms with Gasteiger partial charge in [0.05, 0.1) is 13.1 Å². The van der Waals surface area contributed by atoms with Crippen LogP contribution in [0.25, 0.3) is 0 Å². The number of nitrogens with one attached hydrogen (secondary N) is 1. The summed E-state index contributed by atoms with van der Waals surface area (Å²) >= 11 is 0. The van der Waals surface area contributed by atoms with Crippen molar-refractivity contribution in [3.05, 3.63) is 35.9 Å². The van der Waals surface area contributed by atoms with Gasteiger partial charge >= 0.3 is 6.09 Å². The van der Waals surface area contributed by atoms with Crippen molar-refractivity contribution in [3.8, 4) is 0 Å². The molecule has 0 saturated carbocycles. The molecule has 0 radical (unpaired) electrons. The van der Waals surface area contributed by atoms with E-state index in [-0.39, 0.29) is 18.1 Å². The molecule has 2 amide bonds. The van der Waals surface area contributed by atoms with Gasteiger partial charge < -0.3 is 15.0 Å². The first-order valence-electron chi connectivity index (χ1n) is 5.42. The molecule has 0 bridgehead atoms. The Labute approximate surface area is 99.4 Å². The van der Waals surface area contributed by atoms with Crippen molar-refractivity contribution in [1.82, 2.24) is 10.2 Å². The third-order valence-electron chi connectivity index (χ3n) is 2.58. The molecule has 1 aliphatic rings. The van der Waals surface area contributed by atoms with E-state index in [4.69, 9.17) is 4.74 Å². The molecule has 0 aromatic heterocycles. The van der Waals surface area contributed by atoms with E-state index in [0.29, 0.717) is 18.7 Å². The fourth-order valence-corrected chi connectivity index (χ4v) is 1.65. The minimum atomic E-state index is -0.344. The topological polar surface area (TPSA) is 58.6 Å². The lowest BCUT2D eigenvalue weighted by molar-refractivity contribution is 0.0915. The third-order valence-corrected chi connectivity index (χ3v) is 2.58. The molecule has 1 fully saturated rings. The Morgan fingerprint density at radius 1 is 1.47 bits per heavy atom. The second kappa shape index (κ2) is 4.86. The van der Waals surface area contributed by atoms with Gasteiger partial charge in [0.25, 0.3) is 5.91 Å². The van der Waals surface area contributed by atoms with E-state index in [2.05, 4.69) is 5.32 Å². The fourth-order valence-electron chi connectivity index (χ4n) is 1.65. The van der Waals surface area contributed by atoms with Gasteiger partial charge in [-0.15, -0.1) is 0 Å². The number of carbonyl (C=O) groups is 2. The van der Waals surface area contributed by atoms with Crippen molar-refractivity contribution in [2.24, 2.45) is 0 Å². The molecule has 1 unspecified atom stereocenters. The van der Waals surface area contributed by atoms with Gasteiger partial charge in [0.1, 0.15) is 6.10 Å². The number of carbonyl (C=O) groups excluding carboxylic acids is 2. The second-order valence-electron chi connectivity index (χ2n) is 3.96. The molecule has 0 aliphatic carbocycles. The first kappa shape index (κ1) is 11.4. The Bertz CT molecular complexity index is 419. The zero-order chi connectivity index (χ0) is 12.3. The minimum absolute atomic E-state index is 0.156. The number of ether oxygens (including phenoxy) is 1. The maximum Gasteiger partial charge on any atom is 0.410 e. The van der Waals surface area contributed by atoms with Gasteiger partial charge in [-0.05, 0) is 12.1 Å². The van der Waals surface area contributed by atoms with Crippen molar-refractivity contribution in [2.45, 2.75) is 6.10 Å². The van der Waals surface area contributed by atoms with E-state index in [1.54, 1.807) is 31.3 Å². The summed E-state index contributed by atoms with van der Waals surface area (Å²) in [5.74, 6) is -0.156. The molecule has 0 spiro atoms. The van der Waals surface area contributed by atoms with Crippen LogP contribution in [0, 0.1) is 0 Å². The predicted octanol–water partition coefficient (Wildman–Crippen LogP) is 0.867. The zero-order valence-electron chi connectivity index (χ0n) is 9.55. The molecule has 17 heavy (non-hydrogen) atoms. The van der Waals surface area contributed by atoms with E-state index < -0.39 is 0 Å². The monoisotopic (exact) mass is 234 g/mol. The van der Waals surface area contributed by atoms with E-state index in [0.717, 1.165) is 0 Å². The Hall–Kier alpha value is -2.04. The zero-order valence-corrected chi connectivity index (χ0v) is 9.55. The highest BCUT2D eigenvalue weighted by Crippen LogP contribution is 2.07. The van der Waals surface area contributed by atoms with E-state index in [9.17, 15) is 9.59 Å². The standard InChI is InChI=1S/C12H14N2O3/c1-14-8-10(17-12(14)16)7-13-11(15)9-5-3-2-4-6-9/h2-6,10H,7-8H2,1H3,(H,13,15). The Kier molecular flexibility index (Phi) is 3.27. The average molecular weight is 234 g/mol. The number of hydrogen-bond acceptors (Lipinski definition) is 3. The third kappa shape index (κ3) is 2.75. The molecule has 1 heterocycles. The van der Waals surface area contributed by atoms with Gasteiger partial charge in [-0.3, -0.25) is 4.79 Å². The summed E-state index contributed by atoms with van der Waals surface area (Å²) < 4.78 is 5.03. The van der Waals surface area contributed by atoms with Gasteiger partial charge in [0.15, 0.2) is 0 Å². The van der Waals surface area contributed by atoms with Crippen LogP contribution in [0.15, 0.2) is 30.3 Å². The molecule has 1 N–H and O–H groups in total. The number of amides is 2. The number of benzene rings is 1. The Morgan fingerprint density at radius 3 is 2.76 bits per heavy atom. The van der Waals surface area contributed by atoms with Crippen molar-refractivity contribution in [3.63, 3.8) is 0 Å². The molecule has 5 nitrogen and oxygen atoms in total. The van der Waals surface area contributed by atoms with Crippen molar-refractivity contribution < 1.29 is 14.3 Å². The summed E-state index contributed by atoms with van der Waals surface area (Å²) in [6, 6.07) is 8.94. The van der Waals surface area contributed by atoms with Crippen LogP contribution in [0.4, 0.5) is 4.79 Å². The molecule has 2 rings (SSSR count). The second-order valence-corrected chi connectivity index (χ2v) is 3.96. The van der Waals surface area contributed by atoms with Crippen molar-refractivity contribution >= 4 is 12.0 Å². The number of nitrogens with zero attached hydrogens (tertiary/aromatic N) is 1. The highest BCUT2D eigenvalue weighted by molar-refractivity contribution is 5.94. The summed E-state index contributed by atoms with van der Waals surface area (Å²) in [4.78, 5) is 24.3. The summed E-state index contributed by atoms with van der Waals surface area (Å²) in [5.41, 5.74) is 0.602. The van der Waals surface area contributed by atoms with Gasteiger partial charge in [-0.1, -0.05) is 18.2 Å². The van der Waals surface area contributed by atoms with Gasteiger partial charge in [-0.2, -0.15) is 0 Å². The normalized spacial score (nSPS) is 19.0. The number of hydrogen-bond donors (Lipinski definition) is 1. The highest BCUT2D eigenvalue weighted by atomic mass is 16.6. The molecule has 1 saturated heterocycles. The van der Waals surface area contributed by atoms with Crippen LogP contribution < -0.4 is 5.32 Å². The van der Waals surface area contributed by atoms with Crippen LogP contribution in [0.2, 0.25) is 0 Å². The lowest BCUT2D eigenvalue weighted by atomic mass is 10.2. The van der Waals surface area contributed by atoms with Crippen LogP contribution in [-0.2, 0) is 4.74 Å². The molecule has 90 valence electrons. The number of cyclic esters (lactones) is 1. The van der Waals surface area contributed by atoms with E-state index >= 15 is 0 Å².